The summed E-state index contributed by atoms with van der Waals surface area (Å²) < 4.78 is 43.5. The van der Waals surface area contributed by atoms with E-state index in [0.717, 1.165) is 29.6 Å². The lowest BCUT2D eigenvalue weighted by molar-refractivity contribution is -0.140. The Morgan fingerprint density at radius 1 is 1.23 bits per heavy atom. The number of hydrogen-bond acceptors (Lipinski definition) is 4. The minimum Gasteiger partial charge on any atom is -0.376 e. The Kier molecular flexibility index (Phi) is 8.64. The first-order valence-electron chi connectivity index (χ1n) is 9.07. The topological polar surface area (TPSA) is 58.5 Å². The number of hydrogen-bond donors (Lipinski definition) is 2. The fraction of sp³-hybridized carbons (Fsp3) is 0.765. The quantitative estimate of drug-likeness (QED) is 0.322. The second kappa shape index (κ2) is 10.7. The van der Waals surface area contributed by atoms with E-state index in [9.17, 15) is 13.2 Å². The number of guanidine groups is 1. The molecule has 0 atom stereocenters. The lowest BCUT2D eigenvalue weighted by Gasteiger charge is -2.16. The van der Waals surface area contributed by atoms with Gasteiger partial charge in [-0.25, -0.2) is 4.98 Å². The summed E-state index contributed by atoms with van der Waals surface area (Å²) in [6, 6.07) is 0. The smallest absolute Gasteiger partial charge is 0.376 e. The van der Waals surface area contributed by atoms with Gasteiger partial charge >= 0.3 is 6.18 Å². The van der Waals surface area contributed by atoms with Crippen LogP contribution in [0.15, 0.2) is 10.4 Å². The summed E-state index contributed by atoms with van der Waals surface area (Å²) in [5.74, 6) is 0.613. The number of nitrogens with one attached hydrogen (secondary N) is 2. The third-order valence-electron chi connectivity index (χ3n) is 4.25. The van der Waals surface area contributed by atoms with E-state index >= 15 is 0 Å². The van der Waals surface area contributed by atoms with Crippen molar-refractivity contribution in [3.05, 3.63) is 16.1 Å². The number of ether oxygens (including phenoxy) is 1. The molecule has 0 radical (unpaired) electrons. The zero-order chi connectivity index (χ0) is 18.8. The van der Waals surface area contributed by atoms with E-state index in [1.54, 1.807) is 7.05 Å². The first kappa shape index (κ1) is 21.0. The van der Waals surface area contributed by atoms with Crippen LogP contribution >= 0.6 is 11.3 Å². The molecule has 2 N–H and O–H groups in total. The first-order valence-corrected chi connectivity index (χ1v) is 9.94. The number of halogens is 3. The van der Waals surface area contributed by atoms with Gasteiger partial charge in [-0.2, -0.15) is 13.2 Å². The van der Waals surface area contributed by atoms with Crippen LogP contribution in [0.2, 0.25) is 0 Å². The molecule has 1 heterocycles. The van der Waals surface area contributed by atoms with E-state index in [1.165, 1.54) is 25.7 Å². The number of alkyl halides is 3. The minimum atomic E-state index is -4.38. The van der Waals surface area contributed by atoms with Gasteiger partial charge in [-0.05, 0) is 12.8 Å². The van der Waals surface area contributed by atoms with Gasteiger partial charge in [0.1, 0.15) is 0 Å². The highest BCUT2D eigenvalue weighted by atomic mass is 32.1. The van der Waals surface area contributed by atoms with Crippen molar-refractivity contribution in [2.45, 2.75) is 57.2 Å². The molecule has 0 spiro atoms. The van der Waals surface area contributed by atoms with Crippen LogP contribution < -0.4 is 10.6 Å². The number of nitrogens with zero attached hydrogens (tertiary/aromatic N) is 2. The molecule has 148 valence electrons. The predicted molar refractivity (Wildman–Crippen MR) is 97.6 cm³/mol. The van der Waals surface area contributed by atoms with E-state index in [2.05, 4.69) is 20.6 Å². The maximum absolute atomic E-state index is 12.5. The highest BCUT2D eigenvalue weighted by molar-refractivity contribution is 7.09. The van der Waals surface area contributed by atoms with Gasteiger partial charge in [-0.3, -0.25) is 4.99 Å². The Bertz CT molecular complexity index is 554. The third-order valence-corrected chi connectivity index (χ3v) is 5.16. The van der Waals surface area contributed by atoms with Gasteiger partial charge in [0.25, 0.3) is 0 Å². The Balaban J connectivity index is 1.61. The molecule has 0 aliphatic heterocycles. The highest BCUT2D eigenvalue weighted by Crippen LogP contribution is 2.30. The van der Waals surface area contributed by atoms with Crippen molar-refractivity contribution in [2.24, 2.45) is 4.99 Å². The van der Waals surface area contributed by atoms with Crippen molar-refractivity contribution in [1.29, 1.82) is 0 Å². The van der Waals surface area contributed by atoms with E-state index < -0.39 is 11.9 Å². The van der Waals surface area contributed by atoms with Crippen molar-refractivity contribution in [2.75, 3.05) is 26.7 Å². The molecule has 1 aliphatic rings. The van der Waals surface area contributed by atoms with Crippen LogP contribution in [0.4, 0.5) is 13.2 Å². The molecule has 1 saturated carbocycles. The molecule has 2 rings (SSSR count). The predicted octanol–water partition coefficient (Wildman–Crippen LogP) is 3.61. The standard InChI is InChI=1S/C17H27F3N4OS/c1-21-16(23-10-11-25-13-6-4-2-3-5-7-13)22-9-8-15-24-14(12-26-15)17(18,19)20/h12-13H,2-11H2,1H3,(H2,21,22,23). The second-order valence-electron chi connectivity index (χ2n) is 6.28. The van der Waals surface area contributed by atoms with Crippen molar-refractivity contribution in [3.8, 4) is 0 Å². The minimum absolute atomic E-state index is 0.363. The molecular formula is C17H27F3N4OS. The molecule has 1 fully saturated rings. The van der Waals surface area contributed by atoms with E-state index in [-0.39, 0.29) is 0 Å². The molecular weight excluding hydrogens is 365 g/mol. The highest BCUT2D eigenvalue weighted by Gasteiger charge is 2.33. The Morgan fingerprint density at radius 2 is 1.92 bits per heavy atom. The molecule has 1 aliphatic carbocycles. The van der Waals surface area contributed by atoms with Crippen LogP contribution in [-0.2, 0) is 17.3 Å². The maximum Gasteiger partial charge on any atom is 0.434 e. The zero-order valence-electron chi connectivity index (χ0n) is 15.1. The summed E-state index contributed by atoms with van der Waals surface area (Å²) in [5.41, 5.74) is -0.823. The molecule has 9 heteroatoms. The van der Waals surface area contributed by atoms with Crippen LogP contribution in [-0.4, -0.2) is 43.8 Å². The fourth-order valence-electron chi connectivity index (χ4n) is 2.87. The van der Waals surface area contributed by atoms with Gasteiger partial charge < -0.3 is 15.4 Å². The average molecular weight is 392 g/mol. The third kappa shape index (κ3) is 7.49. The van der Waals surface area contributed by atoms with Crippen LogP contribution in [0.5, 0.6) is 0 Å². The molecule has 1 aromatic heterocycles. The van der Waals surface area contributed by atoms with Gasteiger partial charge in [0.05, 0.1) is 17.7 Å². The normalized spacial score (nSPS) is 17.2. The summed E-state index contributed by atoms with van der Waals surface area (Å²) in [4.78, 5) is 7.72. The molecule has 0 amide bonds. The van der Waals surface area contributed by atoms with Crippen LogP contribution in [0.25, 0.3) is 0 Å². The summed E-state index contributed by atoms with van der Waals surface area (Å²) in [5, 5.41) is 7.74. The van der Waals surface area contributed by atoms with Crippen LogP contribution in [0, 0.1) is 0 Å². The Morgan fingerprint density at radius 3 is 2.54 bits per heavy atom. The van der Waals surface area contributed by atoms with Gasteiger partial charge in [-0.1, -0.05) is 25.7 Å². The van der Waals surface area contributed by atoms with E-state index in [0.29, 0.717) is 43.2 Å². The van der Waals surface area contributed by atoms with E-state index in [1.807, 2.05) is 0 Å². The lowest BCUT2D eigenvalue weighted by atomic mass is 10.1. The number of rotatable bonds is 7. The van der Waals surface area contributed by atoms with Crippen LogP contribution in [0.1, 0.15) is 49.2 Å². The van der Waals surface area contributed by atoms with Gasteiger partial charge in [0, 0.05) is 31.9 Å². The summed E-state index contributed by atoms with van der Waals surface area (Å²) >= 11 is 1.02. The summed E-state index contributed by atoms with van der Waals surface area (Å²) in [6.45, 7) is 1.73. The first-order chi connectivity index (χ1) is 12.5. The zero-order valence-corrected chi connectivity index (χ0v) is 15.9. The van der Waals surface area contributed by atoms with Crippen LogP contribution in [0.3, 0.4) is 0 Å². The van der Waals surface area contributed by atoms with E-state index in [4.69, 9.17) is 4.74 Å². The molecule has 0 saturated heterocycles. The van der Waals surface area contributed by atoms with Crippen molar-refractivity contribution in [3.63, 3.8) is 0 Å². The average Bonchev–Trinajstić information content (AvgIpc) is 2.94. The summed E-state index contributed by atoms with van der Waals surface area (Å²) in [7, 11) is 1.66. The number of aliphatic imine (C=N–C) groups is 1. The molecule has 5 nitrogen and oxygen atoms in total. The Hall–Kier alpha value is -1.35. The van der Waals surface area contributed by atoms with Gasteiger partial charge in [0.2, 0.25) is 0 Å². The number of aromatic nitrogens is 1. The Labute approximate surface area is 156 Å². The SMILES string of the molecule is CN=C(NCCOC1CCCCCC1)NCCc1nc(C(F)(F)F)cs1. The van der Waals surface area contributed by atoms with Crippen molar-refractivity contribution < 1.29 is 17.9 Å². The molecule has 1 aromatic rings. The fourth-order valence-corrected chi connectivity index (χ4v) is 3.67. The second-order valence-corrected chi connectivity index (χ2v) is 7.23. The lowest BCUT2D eigenvalue weighted by Crippen LogP contribution is -2.40. The van der Waals surface area contributed by atoms with Crippen molar-refractivity contribution >= 4 is 17.3 Å². The monoisotopic (exact) mass is 392 g/mol. The molecule has 26 heavy (non-hydrogen) atoms. The van der Waals surface area contributed by atoms with Gasteiger partial charge in [0.15, 0.2) is 11.7 Å². The summed E-state index contributed by atoms with van der Waals surface area (Å²) in [6.07, 6.45) is 3.78. The van der Waals surface area contributed by atoms with Gasteiger partial charge in [-0.15, -0.1) is 11.3 Å². The van der Waals surface area contributed by atoms with Crippen molar-refractivity contribution in [1.82, 2.24) is 15.6 Å². The maximum atomic E-state index is 12.5. The molecule has 0 unspecified atom stereocenters. The number of thiazole rings is 1. The largest absolute Gasteiger partial charge is 0.434 e. The molecule has 0 aromatic carbocycles. The molecule has 0 bridgehead atoms.